The van der Waals surface area contributed by atoms with Crippen molar-refractivity contribution in [1.82, 2.24) is 9.97 Å². The van der Waals surface area contributed by atoms with E-state index in [1.165, 1.54) is 0 Å². The molecule has 0 fully saturated rings. The summed E-state index contributed by atoms with van der Waals surface area (Å²) < 4.78 is 0. The summed E-state index contributed by atoms with van der Waals surface area (Å²) in [5.74, 6) is 3.94. The van der Waals surface area contributed by atoms with E-state index in [0.29, 0.717) is 0 Å². The third kappa shape index (κ3) is 4.39. The number of thioether (sulfide) groups is 1. The number of hydrogen-bond acceptors (Lipinski definition) is 4. The zero-order chi connectivity index (χ0) is 11.8. The number of rotatable bonds is 7. The monoisotopic (exact) mass is 239 g/mol. The lowest BCUT2D eigenvalue weighted by Crippen LogP contribution is -2.06. The van der Waals surface area contributed by atoms with Crippen LogP contribution in [0.15, 0.2) is 6.07 Å². The van der Waals surface area contributed by atoms with E-state index >= 15 is 0 Å². The van der Waals surface area contributed by atoms with Crippen molar-refractivity contribution < 1.29 is 0 Å². The molecule has 3 nitrogen and oxygen atoms in total. The lowest BCUT2D eigenvalue weighted by Gasteiger charge is -2.08. The highest BCUT2D eigenvalue weighted by Gasteiger charge is 2.03. The molecule has 1 heterocycles. The summed E-state index contributed by atoms with van der Waals surface area (Å²) in [7, 11) is 0. The second kappa shape index (κ2) is 7.49. The van der Waals surface area contributed by atoms with Crippen LogP contribution in [0.1, 0.15) is 38.7 Å². The first kappa shape index (κ1) is 13.3. The summed E-state index contributed by atoms with van der Waals surface area (Å²) in [4.78, 5) is 9.04. The molecule has 0 aromatic carbocycles. The molecule has 0 amide bonds. The summed E-state index contributed by atoms with van der Waals surface area (Å²) in [5, 5.41) is 3.33. The van der Waals surface area contributed by atoms with E-state index in [9.17, 15) is 0 Å². The van der Waals surface area contributed by atoms with Crippen LogP contribution in [0.3, 0.4) is 0 Å². The minimum atomic E-state index is 0.908. The molecular formula is C12H21N3S. The van der Waals surface area contributed by atoms with Crippen LogP contribution in [0.4, 0.5) is 5.82 Å². The molecule has 0 aliphatic carbocycles. The van der Waals surface area contributed by atoms with Crippen molar-refractivity contribution in [2.75, 3.05) is 17.6 Å². The molecule has 1 N–H and O–H groups in total. The largest absolute Gasteiger partial charge is 0.370 e. The highest BCUT2D eigenvalue weighted by atomic mass is 32.2. The molecule has 4 heteroatoms. The Labute approximate surface area is 102 Å². The minimum absolute atomic E-state index is 0.908. The summed E-state index contributed by atoms with van der Waals surface area (Å²) in [6, 6.07) is 2.05. The Morgan fingerprint density at radius 2 is 2.06 bits per heavy atom. The normalized spacial score (nSPS) is 10.4. The fourth-order valence-electron chi connectivity index (χ4n) is 1.33. The molecule has 0 spiro atoms. The molecule has 0 aliphatic rings. The van der Waals surface area contributed by atoms with E-state index in [4.69, 9.17) is 0 Å². The van der Waals surface area contributed by atoms with E-state index in [1.807, 2.05) is 11.8 Å². The fourth-order valence-corrected chi connectivity index (χ4v) is 1.85. The topological polar surface area (TPSA) is 37.8 Å². The van der Waals surface area contributed by atoms with Gasteiger partial charge in [-0.05, 0) is 18.6 Å². The first-order valence-corrected chi connectivity index (χ1v) is 7.14. The predicted molar refractivity (Wildman–Crippen MR) is 72.0 cm³/mol. The van der Waals surface area contributed by atoms with Gasteiger partial charge in [-0.3, -0.25) is 0 Å². The number of aromatic nitrogens is 2. The van der Waals surface area contributed by atoms with Gasteiger partial charge < -0.3 is 5.32 Å². The lowest BCUT2D eigenvalue weighted by atomic mass is 10.3. The minimum Gasteiger partial charge on any atom is -0.370 e. The summed E-state index contributed by atoms with van der Waals surface area (Å²) >= 11 is 1.86. The molecule has 0 saturated heterocycles. The maximum Gasteiger partial charge on any atom is 0.140 e. The standard InChI is InChI=1S/C12H21N3S/c1-4-7-13-11-8-10(5-2)14-12(15-11)9-16-6-3/h8H,4-7,9H2,1-3H3,(H,13,14,15). The molecule has 0 saturated carbocycles. The molecule has 0 unspecified atom stereocenters. The number of hydrogen-bond donors (Lipinski definition) is 1. The zero-order valence-corrected chi connectivity index (χ0v) is 11.2. The summed E-state index contributed by atoms with van der Waals surface area (Å²) in [5.41, 5.74) is 1.13. The van der Waals surface area contributed by atoms with Gasteiger partial charge in [-0.15, -0.1) is 0 Å². The predicted octanol–water partition coefficient (Wildman–Crippen LogP) is 3.11. The van der Waals surface area contributed by atoms with Gasteiger partial charge >= 0.3 is 0 Å². The van der Waals surface area contributed by atoms with Crippen LogP contribution in [0.5, 0.6) is 0 Å². The highest BCUT2D eigenvalue weighted by molar-refractivity contribution is 7.98. The van der Waals surface area contributed by atoms with Crippen LogP contribution in [0.25, 0.3) is 0 Å². The van der Waals surface area contributed by atoms with E-state index in [0.717, 1.165) is 48.2 Å². The average molecular weight is 239 g/mol. The van der Waals surface area contributed by atoms with Crippen molar-refractivity contribution in [3.8, 4) is 0 Å². The van der Waals surface area contributed by atoms with Gasteiger partial charge in [0.15, 0.2) is 0 Å². The number of nitrogens with one attached hydrogen (secondary N) is 1. The second-order valence-corrected chi connectivity index (χ2v) is 4.85. The maximum absolute atomic E-state index is 4.53. The van der Waals surface area contributed by atoms with Crippen LogP contribution in [-0.2, 0) is 12.2 Å². The molecule has 0 aliphatic heterocycles. The van der Waals surface area contributed by atoms with Gasteiger partial charge in [0.05, 0.1) is 5.75 Å². The first-order chi connectivity index (χ1) is 7.80. The van der Waals surface area contributed by atoms with Gasteiger partial charge in [-0.1, -0.05) is 20.8 Å². The van der Waals surface area contributed by atoms with Crippen molar-refractivity contribution in [1.29, 1.82) is 0 Å². The van der Waals surface area contributed by atoms with Crippen LogP contribution in [0, 0.1) is 0 Å². The number of aryl methyl sites for hydroxylation is 1. The Hall–Kier alpha value is -0.770. The number of anilines is 1. The van der Waals surface area contributed by atoms with E-state index in [2.05, 4.69) is 42.1 Å². The van der Waals surface area contributed by atoms with E-state index < -0.39 is 0 Å². The van der Waals surface area contributed by atoms with Crippen molar-refractivity contribution in [2.24, 2.45) is 0 Å². The van der Waals surface area contributed by atoms with Crippen LogP contribution in [-0.4, -0.2) is 22.3 Å². The van der Waals surface area contributed by atoms with Crippen LogP contribution in [0.2, 0.25) is 0 Å². The van der Waals surface area contributed by atoms with Crippen LogP contribution >= 0.6 is 11.8 Å². The molecule has 0 atom stereocenters. The Morgan fingerprint density at radius 3 is 2.69 bits per heavy atom. The SMILES string of the molecule is CCCNc1cc(CC)nc(CSCC)n1. The van der Waals surface area contributed by atoms with E-state index in [-0.39, 0.29) is 0 Å². The fraction of sp³-hybridized carbons (Fsp3) is 0.667. The van der Waals surface area contributed by atoms with Gasteiger partial charge in [-0.2, -0.15) is 11.8 Å². The summed E-state index contributed by atoms with van der Waals surface area (Å²) in [6.45, 7) is 7.41. The quantitative estimate of drug-likeness (QED) is 0.793. The zero-order valence-electron chi connectivity index (χ0n) is 10.4. The second-order valence-electron chi connectivity index (χ2n) is 3.58. The molecular weight excluding hydrogens is 218 g/mol. The molecule has 1 aromatic rings. The molecule has 0 bridgehead atoms. The van der Waals surface area contributed by atoms with Crippen molar-refractivity contribution in [2.45, 2.75) is 39.4 Å². The third-order valence-corrected chi connectivity index (χ3v) is 3.05. The van der Waals surface area contributed by atoms with Crippen molar-refractivity contribution in [3.05, 3.63) is 17.6 Å². The van der Waals surface area contributed by atoms with Gasteiger partial charge in [0.1, 0.15) is 11.6 Å². The molecule has 1 aromatic heterocycles. The molecule has 90 valence electrons. The Morgan fingerprint density at radius 1 is 1.25 bits per heavy atom. The molecule has 16 heavy (non-hydrogen) atoms. The van der Waals surface area contributed by atoms with Crippen molar-refractivity contribution >= 4 is 17.6 Å². The Bertz CT molecular complexity index is 289. The van der Waals surface area contributed by atoms with Gasteiger partial charge in [0.2, 0.25) is 0 Å². The third-order valence-electron chi connectivity index (χ3n) is 2.18. The van der Waals surface area contributed by atoms with Gasteiger partial charge in [0, 0.05) is 18.3 Å². The van der Waals surface area contributed by atoms with Crippen molar-refractivity contribution in [3.63, 3.8) is 0 Å². The summed E-state index contributed by atoms with van der Waals surface area (Å²) in [6.07, 6.45) is 2.08. The van der Waals surface area contributed by atoms with E-state index in [1.54, 1.807) is 0 Å². The highest BCUT2D eigenvalue weighted by Crippen LogP contribution is 2.12. The maximum atomic E-state index is 4.53. The number of nitrogens with zero attached hydrogens (tertiary/aromatic N) is 2. The molecule has 1 rings (SSSR count). The average Bonchev–Trinajstić information content (AvgIpc) is 2.33. The molecule has 0 radical (unpaired) electrons. The Balaban J connectivity index is 2.74. The Kier molecular flexibility index (Phi) is 6.23. The van der Waals surface area contributed by atoms with Gasteiger partial charge in [-0.25, -0.2) is 9.97 Å². The van der Waals surface area contributed by atoms with Crippen LogP contribution < -0.4 is 5.32 Å². The van der Waals surface area contributed by atoms with Gasteiger partial charge in [0.25, 0.3) is 0 Å². The smallest absolute Gasteiger partial charge is 0.140 e. The lowest BCUT2D eigenvalue weighted by molar-refractivity contribution is 0.917. The first-order valence-electron chi connectivity index (χ1n) is 5.98.